The summed E-state index contributed by atoms with van der Waals surface area (Å²) in [6, 6.07) is 0.115. The predicted molar refractivity (Wildman–Crippen MR) is 78.4 cm³/mol. The first-order chi connectivity index (χ1) is 8.84. The van der Waals surface area contributed by atoms with Crippen molar-refractivity contribution in [2.75, 3.05) is 13.1 Å². The average Bonchev–Trinajstić information content (AvgIpc) is 2.69. The second kappa shape index (κ2) is 6.43. The number of halogens is 1. The lowest BCUT2D eigenvalue weighted by Crippen LogP contribution is -2.42. The molecule has 116 valence electrons. The zero-order chi connectivity index (χ0) is 14.2. The Labute approximate surface area is 126 Å². The Kier molecular flexibility index (Phi) is 5.60. The maximum absolute atomic E-state index is 12.6. The molecule has 1 aromatic rings. The van der Waals surface area contributed by atoms with Crippen LogP contribution in [-0.4, -0.2) is 37.0 Å². The fourth-order valence-electron chi connectivity index (χ4n) is 2.61. The van der Waals surface area contributed by atoms with Crippen molar-refractivity contribution < 1.29 is 12.9 Å². The van der Waals surface area contributed by atoms with Crippen molar-refractivity contribution in [3.8, 4) is 0 Å². The molecule has 0 aromatic carbocycles. The van der Waals surface area contributed by atoms with E-state index in [1.54, 1.807) is 13.8 Å². The van der Waals surface area contributed by atoms with Crippen LogP contribution in [0.1, 0.15) is 31.2 Å². The van der Waals surface area contributed by atoms with Crippen LogP contribution in [0.3, 0.4) is 0 Å². The van der Waals surface area contributed by atoms with E-state index < -0.39 is 10.0 Å². The first kappa shape index (κ1) is 17.4. The Bertz CT molecular complexity index is 529. The van der Waals surface area contributed by atoms with Gasteiger partial charge in [-0.2, -0.15) is 4.31 Å². The van der Waals surface area contributed by atoms with Crippen molar-refractivity contribution >= 4 is 22.4 Å². The molecule has 1 unspecified atom stereocenters. The lowest BCUT2D eigenvalue weighted by molar-refractivity contribution is 0.250. The first-order valence-electron chi connectivity index (χ1n) is 6.52. The number of nitrogens with two attached hydrogens (primary N) is 1. The quantitative estimate of drug-likeness (QED) is 0.909. The van der Waals surface area contributed by atoms with E-state index in [0.717, 1.165) is 12.8 Å². The Balaban J connectivity index is 0.00000200. The largest absolute Gasteiger partial charge is 0.360 e. The van der Waals surface area contributed by atoms with Gasteiger partial charge in [-0.05, 0) is 39.5 Å². The smallest absolute Gasteiger partial charge is 0.248 e. The van der Waals surface area contributed by atoms with Gasteiger partial charge in [0.2, 0.25) is 10.0 Å². The van der Waals surface area contributed by atoms with Gasteiger partial charge in [-0.1, -0.05) is 5.16 Å². The second-order valence-corrected chi connectivity index (χ2v) is 7.13. The third-order valence-electron chi connectivity index (χ3n) is 3.81. The molecule has 1 aliphatic heterocycles. The van der Waals surface area contributed by atoms with Crippen molar-refractivity contribution in [1.82, 2.24) is 9.46 Å². The summed E-state index contributed by atoms with van der Waals surface area (Å²) in [5.41, 5.74) is 6.29. The summed E-state index contributed by atoms with van der Waals surface area (Å²) in [6.07, 6.45) is 1.61. The van der Waals surface area contributed by atoms with Gasteiger partial charge in [-0.3, -0.25) is 0 Å². The first-order valence-corrected chi connectivity index (χ1v) is 7.96. The molecule has 0 saturated carbocycles. The van der Waals surface area contributed by atoms with Crippen LogP contribution in [-0.2, 0) is 10.0 Å². The molecule has 6 nitrogen and oxygen atoms in total. The molecular formula is C12H22ClN3O3S. The predicted octanol–water partition coefficient (Wildman–Crippen LogP) is 1.46. The molecule has 2 N–H and O–H groups in total. The minimum atomic E-state index is -3.49. The molecular weight excluding hydrogens is 302 g/mol. The maximum atomic E-state index is 12.6. The van der Waals surface area contributed by atoms with E-state index in [1.165, 1.54) is 4.31 Å². The van der Waals surface area contributed by atoms with Crippen LogP contribution in [0.4, 0.5) is 0 Å². The number of aromatic nitrogens is 1. The Morgan fingerprint density at radius 3 is 2.30 bits per heavy atom. The van der Waals surface area contributed by atoms with Crippen molar-refractivity contribution in [2.45, 2.75) is 44.6 Å². The van der Waals surface area contributed by atoms with Gasteiger partial charge >= 0.3 is 0 Å². The minimum Gasteiger partial charge on any atom is -0.360 e. The highest BCUT2D eigenvalue weighted by molar-refractivity contribution is 7.89. The highest BCUT2D eigenvalue weighted by atomic mass is 35.5. The Hall–Kier alpha value is -0.630. The Morgan fingerprint density at radius 2 is 1.90 bits per heavy atom. The second-order valence-electron chi connectivity index (χ2n) is 5.25. The molecule has 0 amide bonds. The fourth-order valence-corrected chi connectivity index (χ4v) is 4.37. The number of sulfonamides is 1. The fraction of sp³-hybridized carbons (Fsp3) is 0.750. The van der Waals surface area contributed by atoms with Gasteiger partial charge in [0, 0.05) is 19.1 Å². The third kappa shape index (κ3) is 3.16. The van der Waals surface area contributed by atoms with Gasteiger partial charge in [0.1, 0.15) is 10.6 Å². The van der Waals surface area contributed by atoms with Crippen molar-refractivity contribution in [1.29, 1.82) is 0 Å². The summed E-state index contributed by atoms with van der Waals surface area (Å²) in [7, 11) is -3.49. The van der Waals surface area contributed by atoms with E-state index >= 15 is 0 Å². The number of hydrogen-bond acceptors (Lipinski definition) is 5. The number of hydrogen-bond donors (Lipinski definition) is 1. The van der Waals surface area contributed by atoms with Crippen LogP contribution < -0.4 is 5.73 Å². The summed E-state index contributed by atoms with van der Waals surface area (Å²) in [5.74, 6) is 0.753. The van der Waals surface area contributed by atoms with Crippen molar-refractivity contribution in [3.05, 3.63) is 11.5 Å². The van der Waals surface area contributed by atoms with Gasteiger partial charge < -0.3 is 10.3 Å². The number of nitrogens with zero attached hydrogens (tertiary/aromatic N) is 2. The number of aryl methyl sites for hydroxylation is 2. The highest BCUT2D eigenvalue weighted by Crippen LogP contribution is 2.28. The molecule has 1 fully saturated rings. The lowest BCUT2D eigenvalue weighted by atomic mass is 9.92. The summed E-state index contributed by atoms with van der Waals surface area (Å²) in [6.45, 7) is 6.28. The SMILES string of the molecule is Cc1noc(C)c1S(=O)(=O)N1CCC(C(C)N)CC1.Cl. The summed E-state index contributed by atoms with van der Waals surface area (Å²) >= 11 is 0. The molecule has 1 atom stereocenters. The van der Waals surface area contributed by atoms with Crippen LogP contribution in [0.2, 0.25) is 0 Å². The highest BCUT2D eigenvalue weighted by Gasteiger charge is 2.34. The minimum absolute atomic E-state index is 0. The number of rotatable bonds is 3. The van der Waals surface area contributed by atoms with E-state index in [1.807, 2.05) is 6.92 Å². The monoisotopic (exact) mass is 323 g/mol. The van der Waals surface area contributed by atoms with E-state index in [-0.39, 0.29) is 23.3 Å². The zero-order valence-corrected chi connectivity index (χ0v) is 13.6. The molecule has 8 heteroatoms. The molecule has 0 bridgehead atoms. The zero-order valence-electron chi connectivity index (χ0n) is 12.0. The average molecular weight is 324 g/mol. The standard InChI is InChI=1S/C12H21N3O3S.ClH/c1-8(13)11-4-6-15(7-5-11)19(16,17)12-9(2)14-18-10(12)3;/h8,11H,4-7,13H2,1-3H3;1H. The van der Waals surface area contributed by atoms with Gasteiger partial charge in [-0.25, -0.2) is 8.42 Å². The molecule has 1 saturated heterocycles. The van der Waals surface area contributed by atoms with Gasteiger partial charge in [0.05, 0.1) is 0 Å². The molecule has 20 heavy (non-hydrogen) atoms. The lowest BCUT2D eigenvalue weighted by Gasteiger charge is -2.32. The van der Waals surface area contributed by atoms with E-state index in [2.05, 4.69) is 5.16 Å². The Morgan fingerprint density at radius 1 is 1.35 bits per heavy atom. The molecule has 2 rings (SSSR count). The summed E-state index contributed by atoms with van der Waals surface area (Å²) in [4.78, 5) is 0.215. The molecule has 0 spiro atoms. The van der Waals surface area contributed by atoms with Crippen LogP contribution in [0.25, 0.3) is 0 Å². The maximum Gasteiger partial charge on any atom is 0.248 e. The van der Waals surface area contributed by atoms with E-state index in [9.17, 15) is 8.42 Å². The van der Waals surface area contributed by atoms with Crippen LogP contribution in [0.5, 0.6) is 0 Å². The molecule has 1 aliphatic rings. The molecule has 1 aromatic heterocycles. The number of piperidine rings is 1. The third-order valence-corrected chi connectivity index (χ3v) is 5.95. The summed E-state index contributed by atoms with van der Waals surface area (Å²) in [5, 5.41) is 3.72. The van der Waals surface area contributed by atoms with E-state index in [4.69, 9.17) is 10.3 Å². The molecule has 2 heterocycles. The molecule has 0 aliphatic carbocycles. The van der Waals surface area contributed by atoms with Crippen LogP contribution in [0.15, 0.2) is 9.42 Å². The topological polar surface area (TPSA) is 89.4 Å². The van der Waals surface area contributed by atoms with Crippen LogP contribution in [0, 0.1) is 19.8 Å². The van der Waals surface area contributed by atoms with Gasteiger partial charge in [0.15, 0.2) is 5.76 Å². The van der Waals surface area contributed by atoms with Crippen molar-refractivity contribution in [2.24, 2.45) is 11.7 Å². The van der Waals surface area contributed by atoms with Gasteiger partial charge in [-0.15, -0.1) is 12.4 Å². The van der Waals surface area contributed by atoms with Crippen molar-refractivity contribution in [3.63, 3.8) is 0 Å². The van der Waals surface area contributed by atoms with E-state index in [0.29, 0.717) is 30.5 Å². The summed E-state index contributed by atoms with van der Waals surface area (Å²) < 4.78 is 31.6. The normalized spacial score (nSPS) is 19.6. The molecule has 0 radical (unpaired) electrons. The van der Waals surface area contributed by atoms with Gasteiger partial charge in [0.25, 0.3) is 0 Å². The van der Waals surface area contributed by atoms with Crippen LogP contribution >= 0.6 is 12.4 Å².